The van der Waals surface area contributed by atoms with Crippen LogP contribution in [0, 0.1) is 0 Å². The van der Waals surface area contributed by atoms with Gasteiger partial charge in [0, 0.05) is 15.2 Å². The summed E-state index contributed by atoms with van der Waals surface area (Å²) in [5.74, 6) is 0.637. The van der Waals surface area contributed by atoms with Crippen LogP contribution in [0.1, 0.15) is 19.3 Å². The molecule has 1 aromatic carbocycles. The van der Waals surface area contributed by atoms with Crippen molar-refractivity contribution < 1.29 is 13.2 Å². The predicted octanol–water partition coefficient (Wildman–Crippen LogP) is 4.22. The molecule has 0 unspecified atom stereocenters. The summed E-state index contributed by atoms with van der Waals surface area (Å²) in [5.41, 5.74) is 0. The van der Waals surface area contributed by atoms with Crippen molar-refractivity contribution in [1.29, 1.82) is 0 Å². The molecule has 0 bridgehead atoms. The highest BCUT2D eigenvalue weighted by Gasteiger charge is 2.05. The Balaban J connectivity index is 2.22. The average molecular weight is 376 g/mol. The quantitative estimate of drug-likeness (QED) is 0.529. The van der Waals surface area contributed by atoms with Gasteiger partial charge in [-0.3, -0.25) is 0 Å². The molecule has 0 spiro atoms. The first kappa shape index (κ1) is 16.1. The van der Waals surface area contributed by atoms with E-state index in [1.165, 1.54) is 0 Å². The molecule has 0 heterocycles. The van der Waals surface area contributed by atoms with E-state index < -0.39 is 9.05 Å². The number of halogens is 3. The number of benzene rings is 1. The SMILES string of the molecule is O=S(=O)(Cl)CCCCCOc1ccc(Br)cc1Cl. The van der Waals surface area contributed by atoms with Gasteiger partial charge < -0.3 is 4.74 Å². The second-order valence-corrected chi connectivity index (χ2v) is 7.95. The van der Waals surface area contributed by atoms with E-state index in [1.54, 1.807) is 12.1 Å². The fourth-order valence-corrected chi connectivity index (χ4v) is 2.93. The molecule has 0 fully saturated rings. The molecule has 0 saturated heterocycles. The minimum absolute atomic E-state index is 0.00754. The zero-order valence-corrected chi connectivity index (χ0v) is 13.4. The van der Waals surface area contributed by atoms with Gasteiger partial charge >= 0.3 is 0 Å². The summed E-state index contributed by atoms with van der Waals surface area (Å²) >= 11 is 9.29. The van der Waals surface area contributed by atoms with Crippen LogP contribution >= 0.6 is 38.2 Å². The van der Waals surface area contributed by atoms with Gasteiger partial charge in [-0.15, -0.1) is 0 Å². The second-order valence-electron chi connectivity index (χ2n) is 3.73. The lowest BCUT2D eigenvalue weighted by Gasteiger charge is -2.07. The van der Waals surface area contributed by atoms with Crippen LogP contribution in [0.4, 0.5) is 0 Å². The Morgan fingerprint density at radius 3 is 2.56 bits per heavy atom. The number of hydrogen-bond donors (Lipinski definition) is 0. The van der Waals surface area contributed by atoms with Gasteiger partial charge in [0.05, 0.1) is 17.4 Å². The van der Waals surface area contributed by atoms with Gasteiger partial charge in [-0.2, -0.15) is 0 Å². The highest BCUT2D eigenvalue weighted by molar-refractivity contribution is 9.10. The lowest BCUT2D eigenvalue weighted by atomic mass is 10.3. The standard InChI is InChI=1S/C11H13BrCl2O3S/c12-9-4-5-11(10(13)8-9)17-6-2-1-3-7-18(14,15)16/h4-5,8H,1-3,6-7H2. The number of unbranched alkanes of at least 4 members (excludes halogenated alkanes) is 2. The van der Waals surface area contributed by atoms with Crippen LogP contribution in [0.2, 0.25) is 5.02 Å². The highest BCUT2D eigenvalue weighted by atomic mass is 79.9. The van der Waals surface area contributed by atoms with Gasteiger partial charge in [0.2, 0.25) is 9.05 Å². The summed E-state index contributed by atoms with van der Waals surface area (Å²) in [7, 11) is 1.73. The van der Waals surface area contributed by atoms with Gasteiger partial charge in [-0.1, -0.05) is 27.5 Å². The number of hydrogen-bond acceptors (Lipinski definition) is 3. The summed E-state index contributed by atoms with van der Waals surface area (Å²) in [5, 5.41) is 0.549. The third kappa shape index (κ3) is 6.83. The Kier molecular flexibility index (Phi) is 6.77. The monoisotopic (exact) mass is 374 g/mol. The van der Waals surface area contributed by atoms with Crippen LogP contribution in [-0.4, -0.2) is 20.8 Å². The van der Waals surface area contributed by atoms with Crippen molar-refractivity contribution in [2.75, 3.05) is 12.4 Å². The molecule has 0 aliphatic heterocycles. The molecule has 1 rings (SSSR count). The summed E-state index contributed by atoms with van der Waals surface area (Å²) < 4.78 is 27.7. The van der Waals surface area contributed by atoms with Crippen molar-refractivity contribution in [3.05, 3.63) is 27.7 Å². The average Bonchev–Trinajstić information content (AvgIpc) is 2.24. The summed E-state index contributed by atoms with van der Waals surface area (Å²) in [6, 6.07) is 5.40. The maximum Gasteiger partial charge on any atom is 0.232 e. The molecule has 0 aliphatic rings. The second kappa shape index (κ2) is 7.58. The van der Waals surface area contributed by atoms with Crippen molar-refractivity contribution in [2.24, 2.45) is 0 Å². The van der Waals surface area contributed by atoms with Gasteiger partial charge in [0.25, 0.3) is 0 Å². The van der Waals surface area contributed by atoms with E-state index in [2.05, 4.69) is 15.9 Å². The fraction of sp³-hybridized carbons (Fsp3) is 0.455. The molecular weight excluding hydrogens is 363 g/mol. The van der Waals surface area contributed by atoms with E-state index in [0.29, 0.717) is 23.8 Å². The zero-order chi connectivity index (χ0) is 13.6. The van der Waals surface area contributed by atoms with Crippen LogP contribution in [0.15, 0.2) is 22.7 Å². The molecule has 0 amide bonds. The molecule has 0 N–H and O–H groups in total. The molecule has 0 radical (unpaired) electrons. The van der Waals surface area contributed by atoms with E-state index in [0.717, 1.165) is 17.3 Å². The van der Waals surface area contributed by atoms with Crippen molar-refractivity contribution in [3.63, 3.8) is 0 Å². The minimum atomic E-state index is -3.37. The Morgan fingerprint density at radius 2 is 1.94 bits per heavy atom. The van der Waals surface area contributed by atoms with E-state index in [9.17, 15) is 8.42 Å². The normalized spacial score (nSPS) is 11.5. The maximum atomic E-state index is 10.7. The van der Waals surface area contributed by atoms with E-state index in [4.69, 9.17) is 27.0 Å². The van der Waals surface area contributed by atoms with Gasteiger partial charge in [-0.25, -0.2) is 8.42 Å². The van der Waals surface area contributed by atoms with Crippen molar-refractivity contribution in [1.82, 2.24) is 0 Å². The molecule has 7 heteroatoms. The molecule has 18 heavy (non-hydrogen) atoms. The van der Waals surface area contributed by atoms with Crippen LogP contribution in [0.5, 0.6) is 5.75 Å². The summed E-state index contributed by atoms with van der Waals surface area (Å²) in [4.78, 5) is 0. The van der Waals surface area contributed by atoms with E-state index >= 15 is 0 Å². The molecule has 0 aromatic heterocycles. The Bertz CT molecular complexity index is 491. The molecule has 102 valence electrons. The smallest absolute Gasteiger partial charge is 0.232 e. The first-order chi connectivity index (χ1) is 8.38. The van der Waals surface area contributed by atoms with E-state index in [1.807, 2.05) is 6.07 Å². The Morgan fingerprint density at radius 1 is 1.22 bits per heavy atom. The first-order valence-electron chi connectivity index (χ1n) is 5.39. The lowest BCUT2D eigenvalue weighted by molar-refractivity contribution is 0.306. The number of rotatable bonds is 7. The van der Waals surface area contributed by atoms with Crippen molar-refractivity contribution in [2.45, 2.75) is 19.3 Å². The molecule has 0 atom stereocenters. The summed E-state index contributed by atoms with van der Waals surface area (Å²) in [6.07, 6.45) is 2.06. The predicted molar refractivity (Wildman–Crippen MR) is 78.1 cm³/mol. The van der Waals surface area contributed by atoms with E-state index in [-0.39, 0.29) is 5.75 Å². The van der Waals surface area contributed by atoms with Gasteiger partial charge in [-0.05, 0) is 37.5 Å². The first-order valence-corrected chi connectivity index (χ1v) is 9.03. The molecule has 0 aliphatic carbocycles. The minimum Gasteiger partial charge on any atom is -0.492 e. The molecule has 3 nitrogen and oxygen atoms in total. The fourth-order valence-electron chi connectivity index (χ4n) is 1.33. The van der Waals surface area contributed by atoms with Crippen LogP contribution in [-0.2, 0) is 9.05 Å². The third-order valence-corrected chi connectivity index (χ3v) is 4.21. The zero-order valence-electron chi connectivity index (χ0n) is 9.53. The molecular formula is C11H13BrCl2O3S. The highest BCUT2D eigenvalue weighted by Crippen LogP contribution is 2.27. The van der Waals surface area contributed by atoms with Crippen molar-refractivity contribution >= 4 is 47.3 Å². The largest absolute Gasteiger partial charge is 0.492 e. The van der Waals surface area contributed by atoms with Crippen LogP contribution in [0.25, 0.3) is 0 Å². The topological polar surface area (TPSA) is 43.4 Å². The third-order valence-electron chi connectivity index (χ3n) is 2.18. The molecule has 1 aromatic rings. The van der Waals surface area contributed by atoms with Gasteiger partial charge in [0.15, 0.2) is 0 Å². The Labute approximate surface area is 125 Å². The lowest BCUT2D eigenvalue weighted by Crippen LogP contribution is -2.01. The van der Waals surface area contributed by atoms with Crippen LogP contribution in [0.3, 0.4) is 0 Å². The summed E-state index contributed by atoms with van der Waals surface area (Å²) in [6.45, 7) is 0.504. The van der Waals surface area contributed by atoms with Gasteiger partial charge in [0.1, 0.15) is 5.75 Å². The van der Waals surface area contributed by atoms with Crippen LogP contribution < -0.4 is 4.74 Å². The molecule has 0 saturated carbocycles. The maximum absolute atomic E-state index is 10.7. The van der Waals surface area contributed by atoms with Crippen molar-refractivity contribution in [3.8, 4) is 5.75 Å². The Hall–Kier alpha value is 0.0300. The number of ether oxygens (including phenoxy) is 1.